The minimum Gasteiger partial charge on any atom is -0.479 e. The molecule has 1 aromatic rings. The molecule has 1 aromatic carbocycles. The normalized spacial score (nSPS) is 15.2. The number of rotatable bonds is 9. The smallest absolute Gasteiger partial charge is 0.331 e. The third-order valence-electron chi connectivity index (χ3n) is 3.69. The van der Waals surface area contributed by atoms with Crippen molar-refractivity contribution < 1.29 is 27.9 Å². The molecule has 0 fully saturated rings. The van der Waals surface area contributed by atoms with Gasteiger partial charge >= 0.3 is 5.97 Å². The summed E-state index contributed by atoms with van der Waals surface area (Å²) in [7, 11) is -2.34. The molecular weight excluding hydrogens is 348 g/mol. The van der Waals surface area contributed by atoms with Crippen LogP contribution in [-0.4, -0.2) is 50.7 Å². The first-order chi connectivity index (χ1) is 11.6. The molecule has 0 bridgehead atoms. The Balaban J connectivity index is 2.95. The van der Waals surface area contributed by atoms with Crippen molar-refractivity contribution >= 4 is 21.9 Å². The highest BCUT2D eigenvalue weighted by Gasteiger charge is 2.35. The number of carboxylic acids is 1. The lowest BCUT2D eigenvalue weighted by Crippen LogP contribution is -2.55. The van der Waals surface area contributed by atoms with E-state index in [2.05, 4.69) is 10.0 Å². The molecule has 8 nitrogen and oxygen atoms in total. The average Bonchev–Trinajstić information content (AvgIpc) is 2.54. The number of sulfonamides is 1. The lowest BCUT2D eigenvalue weighted by molar-refractivity contribution is -0.145. The van der Waals surface area contributed by atoms with Crippen molar-refractivity contribution in [2.45, 2.75) is 43.7 Å². The molecule has 0 radical (unpaired) electrons. The zero-order chi connectivity index (χ0) is 19.3. The Morgan fingerprint density at radius 1 is 1.28 bits per heavy atom. The van der Waals surface area contributed by atoms with Crippen LogP contribution < -0.4 is 10.0 Å². The molecule has 0 spiro atoms. The van der Waals surface area contributed by atoms with Gasteiger partial charge in [0.25, 0.3) is 5.91 Å². The molecule has 0 aliphatic heterocycles. The van der Waals surface area contributed by atoms with Gasteiger partial charge in [0.15, 0.2) is 5.54 Å². The van der Waals surface area contributed by atoms with Crippen LogP contribution in [0.5, 0.6) is 0 Å². The summed E-state index contributed by atoms with van der Waals surface area (Å²) in [5, 5.41) is 11.6. The Hall–Kier alpha value is -1.97. The van der Waals surface area contributed by atoms with Crippen LogP contribution in [0.2, 0.25) is 0 Å². The van der Waals surface area contributed by atoms with Gasteiger partial charge in [-0.15, -0.1) is 0 Å². The molecule has 0 heterocycles. The second-order valence-corrected chi connectivity index (χ2v) is 7.69. The number of amides is 1. The van der Waals surface area contributed by atoms with Crippen molar-refractivity contribution in [3.63, 3.8) is 0 Å². The molecule has 9 heteroatoms. The molecule has 0 aromatic heterocycles. The number of aliphatic carboxylic acids is 1. The largest absolute Gasteiger partial charge is 0.479 e. The Bertz CT molecular complexity index is 717. The van der Waals surface area contributed by atoms with Gasteiger partial charge in [-0.1, -0.05) is 6.92 Å². The second kappa shape index (κ2) is 8.41. The van der Waals surface area contributed by atoms with Crippen LogP contribution in [0, 0.1) is 0 Å². The van der Waals surface area contributed by atoms with Crippen molar-refractivity contribution in [3.05, 3.63) is 29.8 Å². The van der Waals surface area contributed by atoms with E-state index in [4.69, 9.17) is 4.74 Å². The van der Waals surface area contributed by atoms with Crippen molar-refractivity contribution in [1.29, 1.82) is 0 Å². The Kier molecular flexibility index (Phi) is 7.09. The molecule has 140 valence electrons. The number of hydrogen-bond acceptors (Lipinski definition) is 5. The van der Waals surface area contributed by atoms with Gasteiger partial charge in [-0.2, -0.15) is 0 Å². The molecular formula is C16H24N2O6S. The van der Waals surface area contributed by atoms with Crippen LogP contribution in [0.15, 0.2) is 29.2 Å². The van der Waals surface area contributed by atoms with E-state index in [9.17, 15) is 23.1 Å². The highest BCUT2D eigenvalue weighted by molar-refractivity contribution is 7.89. The van der Waals surface area contributed by atoms with E-state index in [1.165, 1.54) is 38.3 Å². The van der Waals surface area contributed by atoms with Crippen LogP contribution in [0.25, 0.3) is 0 Å². The zero-order valence-electron chi connectivity index (χ0n) is 14.7. The van der Waals surface area contributed by atoms with Gasteiger partial charge in [0.2, 0.25) is 10.0 Å². The number of carbonyl (C=O) groups is 2. The van der Waals surface area contributed by atoms with Gasteiger partial charge in [-0.05, 0) is 44.5 Å². The molecule has 2 atom stereocenters. The van der Waals surface area contributed by atoms with Crippen molar-refractivity contribution in [3.8, 4) is 0 Å². The summed E-state index contributed by atoms with van der Waals surface area (Å²) in [6.45, 7) is 4.73. The lowest BCUT2D eigenvalue weighted by atomic mass is 10.0. The highest BCUT2D eigenvalue weighted by Crippen LogP contribution is 2.13. The van der Waals surface area contributed by atoms with Gasteiger partial charge in [0, 0.05) is 18.7 Å². The molecule has 3 N–H and O–H groups in total. The third-order valence-corrected chi connectivity index (χ3v) is 5.30. The predicted molar refractivity (Wildman–Crippen MR) is 91.9 cm³/mol. The quantitative estimate of drug-likeness (QED) is 0.594. The fraction of sp³-hybridized carbons (Fsp3) is 0.500. The molecule has 0 aliphatic carbocycles. The van der Waals surface area contributed by atoms with Gasteiger partial charge in [0.05, 0.1) is 11.5 Å². The van der Waals surface area contributed by atoms with Crippen LogP contribution in [0.1, 0.15) is 37.6 Å². The van der Waals surface area contributed by atoms with E-state index < -0.39 is 27.4 Å². The topological polar surface area (TPSA) is 122 Å². The van der Waals surface area contributed by atoms with E-state index >= 15 is 0 Å². The number of carbonyl (C=O) groups excluding carboxylic acids is 1. The molecule has 25 heavy (non-hydrogen) atoms. The first kappa shape index (κ1) is 21.1. The van der Waals surface area contributed by atoms with Crippen LogP contribution in [0.3, 0.4) is 0 Å². The minimum absolute atomic E-state index is 0.0298. The number of ether oxygens (including phenoxy) is 1. The number of carboxylic acid groups (broad SMARTS) is 1. The van der Waals surface area contributed by atoms with Crippen LogP contribution in [-0.2, 0) is 19.6 Å². The zero-order valence-corrected chi connectivity index (χ0v) is 15.5. The lowest BCUT2D eigenvalue weighted by Gasteiger charge is -2.25. The molecule has 0 saturated carbocycles. The number of benzene rings is 1. The first-order valence-corrected chi connectivity index (χ1v) is 9.21. The summed E-state index contributed by atoms with van der Waals surface area (Å²) in [6.07, 6.45) is 0.646. The average molecular weight is 372 g/mol. The van der Waals surface area contributed by atoms with Crippen LogP contribution >= 0.6 is 0 Å². The SMILES string of the molecule is CCC(C)NS(=O)(=O)c1ccc(C(=O)NC(C)(COC)C(=O)O)cc1. The fourth-order valence-corrected chi connectivity index (χ4v) is 3.29. The van der Waals surface area contributed by atoms with Gasteiger partial charge in [-0.3, -0.25) is 4.79 Å². The second-order valence-electron chi connectivity index (χ2n) is 5.98. The van der Waals surface area contributed by atoms with Gasteiger partial charge in [0.1, 0.15) is 0 Å². The summed E-state index contributed by atoms with van der Waals surface area (Å²) in [4.78, 5) is 23.6. The standard InChI is InChI=1S/C16H24N2O6S/c1-5-11(2)18-25(22,23)13-8-6-12(7-9-13)14(19)17-16(3,10-24-4)15(20)21/h6-9,11,18H,5,10H2,1-4H3,(H,17,19)(H,20,21). The minimum atomic E-state index is -3.67. The Morgan fingerprint density at radius 3 is 2.28 bits per heavy atom. The molecule has 1 amide bonds. The van der Waals surface area contributed by atoms with Gasteiger partial charge < -0.3 is 15.2 Å². The summed E-state index contributed by atoms with van der Waals surface area (Å²) < 4.78 is 31.7. The van der Waals surface area contributed by atoms with Crippen molar-refractivity contribution in [2.75, 3.05) is 13.7 Å². The van der Waals surface area contributed by atoms with Crippen molar-refractivity contribution in [1.82, 2.24) is 10.0 Å². The number of hydrogen-bond donors (Lipinski definition) is 3. The maximum Gasteiger partial charge on any atom is 0.331 e. The molecule has 2 unspecified atom stereocenters. The maximum atomic E-state index is 12.2. The van der Waals surface area contributed by atoms with Crippen LogP contribution in [0.4, 0.5) is 0 Å². The number of methoxy groups -OCH3 is 1. The summed E-state index contributed by atoms with van der Waals surface area (Å²) in [6, 6.07) is 5.05. The highest BCUT2D eigenvalue weighted by atomic mass is 32.2. The summed E-state index contributed by atoms with van der Waals surface area (Å²) in [5.74, 6) is -1.87. The Morgan fingerprint density at radius 2 is 1.84 bits per heavy atom. The van der Waals surface area contributed by atoms with Gasteiger partial charge in [-0.25, -0.2) is 17.9 Å². The molecule has 0 aliphatic rings. The monoisotopic (exact) mass is 372 g/mol. The summed E-state index contributed by atoms with van der Waals surface area (Å²) >= 11 is 0. The predicted octanol–water partition coefficient (Wildman–Crippen LogP) is 0.983. The van der Waals surface area contributed by atoms with E-state index in [1.807, 2.05) is 6.92 Å². The van der Waals surface area contributed by atoms with E-state index in [1.54, 1.807) is 6.92 Å². The van der Waals surface area contributed by atoms with E-state index in [-0.39, 0.29) is 23.1 Å². The first-order valence-electron chi connectivity index (χ1n) is 7.73. The summed E-state index contributed by atoms with van der Waals surface area (Å²) in [5.41, 5.74) is -1.44. The number of nitrogens with one attached hydrogen (secondary N) is 2. The third kappa shape index (κ3) is 5.52. The van der Waals surface area contributed by atoms with Crippen molar-refractivity contribution in [2.24, 2.45) is 0 Å². The maximum absolute atomic E-state index is 12.2. The molecule has 1 rings (SSSR count). The van der Waals surface area contributed by atoms with E-state index in [0.29, 0.717) is 6.42 Å². The van der Waals surface area contributed by atoms with E-state index in [0.717, 1.165) is 0 Å². The molecule has 0 saturated heterocycles. The Labute approximate surface area is 147 Å². The fourth-order valence-electron chi connectivity index (χ4n) is 1.96.